The summed E-state index contributed by atoms with van der Waals surface area (Å²) in [5.41, 5.74) is 1.10. The van der Waals surface area contributed by atoms with Crippen LogP contribution >= 0.6 is 11.6 Å². The van der Waals surface area contributed by atoms with Gasteiger partial charge < -0.3 is 19.3 Å². The Balaban J connectivity index is 1.62. The Labute approximate surface area is 186 Å². The van der Waals surface area contributed by atoms with Crippen LogP contribution in [0.25, 0.3) is 0 Å². The second kappa shape index (κ2) is 10.2. The lowest BCUT2D eigenvalue weighted by atomic mass is 9.96. The van der Waals surface area contributed by atoms with Crippen LogP contribution in [0.3, 0.4) is 0 Å². The van der Waals surface area contributed by atoms with Crippen LogP contribution in [0, 0.1) is 0 Å². The molecule has 2 heterocycles. The first-order valence-electron chi connectivity index (χ1n) is 10.3. The molecule has 3 rings (SSSR count). The molecule has 1 saturated heterocycles. The number of Topliss-reactive ketones (excluding diaryl/α,β-unsaturated/α-hetero) is 1. The molecule has 0 saturated carbocycles. The number of ketones is 1. The van der Waals surface area contributed by atoms with Gasteiger partial charge in [0.15, 0.2) is 11.6 Å². The SMILES string of the molecule is CC(=O)C[C@@H](C)c1ccc(O[C@@H]2CCN(c3ncnc(N(C)CC(F)F)c3Cl)C2)cc1. The van der Waals surface area contributed by atoms with Crippen molar-refractivity contribution in [3.8, 4) is 5.75 Å². The van der Waals surface area contributed by atoms with Crippen molar-refractivity contribution in [2.24, 2.45) is 0 Å². The highest BCUT2D eigenvalue weighted by Gasteiger charge is 2.28. The Kier molecular flexibility index (Phi) is 7.64. The number of hydrogen-bond acceptors (Lipinski definition) is 6. The molecule has 0 aliphatic carbocycles. The van der Waals surface area contributed by atoms with Gasteiger partial charge in [-0.05, 0) is 30.5 Å². The summed E-state index contributed by atoms with van der Waals surface area (Å²) in [5.74, 6) is 1.91. The van der Waals surface area contributed by atoms with E-state index in [2.05, 4.69) is 9.97 Å². The lowest BCUT2D eigenvalue weighted by Gasteiger charge is -2.23. The fourth-order valence-corrected chi connectivity index (χ4v) is 4.13. The van der Waals surface area contributed by atoms with Crippen molar-refractivity contribution in [3.63, 3.8) is 0 Å². The number of halogens is 3. The van der Waals surface area contributed by atoms with E-state index < -0.39 is 13.0 Å². The zero-order valence-electron chi connectivity index (χ0n) is 17.9. The van der Waals surface area contributed by atoms with E-state index in [1.165, 1.54) is 18.3 Å². The van der Waals surface area contributed by atoms with Crippen molar-refractivity contribution in [2.45, 2.75) is 45.1 Å². The molecule has 1 aromatic heterocycles. The molecule has 6 nitrogen and oxygen atoms in total. The Morgan fingerprint density at radius 3 is 2.68 bits per heavy atom. The molecule has 0 N–H and O–H groups in total. The van der Waals surface area contributed by atoms with Gasteiger partial charge in [-0.15, -0.1) is 0 Å². The third-order valence-corrected chi connectivity index (χ3v) is 5.65. The molecule has 0 unspecified atom stereocenters. The van der Waals surface area contributed by atoms with E-state index in [1.54, 1.807) is 6.92 Å². The van der Waals surface area contributed by atoms with E-state index in [1.807, 2.05) is 36.1 Å². The van der Waals surface area contributed by atoms with E-state index in [-0.39, 0.29) is 28.6 Å². The van der Waals surface area contributed by atoms with Crippen LogP contribution in [-0.2, 0) is 4.79 Å². The number of hydrogen-bond donors (Lipinski definition) is 0. The molecule has 1 aliphatic rings. The summed E-state index contributed by atoms with van der Waals surface area (Å²) in [6, 6.07) is 7.82. The second-order valence-corrected chi connectivity index (χ2v) is 8.34. The average Bonchev–Trinajstić information content (AvgIpc) is 3.15. The summed E-state index contributed by atoms with van der Waals surface area (Å²) >= 11 is 6.44. The minimum atomic E-state index is -2.49. The number of anilines is 2. The van der Waals surface area contributed by atoms with E-state index in [0.717, 1.165) is 17.7 Å². The minimum Gasteiger partial charge on any atom is -0.489 e. The van der Waals surface area contributed by atoms with Crippen LogP contribution in [0.15, 0.2) is 30.6 Å². The summed E-state index contributed by atoms with van der Waals surface area (Å²) in [5, 5.41) is 0.259. The van der Waals surface area contributed by atoms with Gasteiger partial charge in [0.1, 0.15) is 29.0 Å². The first-order valence-corrected chi connectivity index (χ1v) is 10.6. The Morgan fingerprint density at radius 2 is 2.03 bits per heavy atom. The summed E-state index contributed by atoms with van der Waals surface area (Å²) < 4.78 is 31.5. The zero-order valence-corrected chi connectivity index (χ0v) is 18.6. The van der Waals surface area contributed by atoms with Gasteiger partial charge in [0.25, 0.3) is 6.43 Å². The van der Waals surface area contributed by atoms with Crippen LogP contribution in [0.4, 0.5) is 20.4 Å². The van der Waals surface area contributed by atoms with E-state index >= 15 is 0 Å². The molecule has 2 atom stereocenters. The zero-order chi connectivity index (χ0) is 22.5. The van der Waals surface area contributed by atoms with Crippen LogP contribution in [0.5, 0.6) is 5.75 Å². The Hall–Kier alpha value is -2.48. The second-order valence-electron chi connectivity index (χ2n) is 7.96. The lowest BCUT2D eigenvalue weighted by molar-refractivity contribution is -0.117. The molecule has 0 bridgehead atoms. The normalized spacial score (nSPS) is 17.1. The molecule has 2 aromatic rings. The van der Waals surface area contributed by atoms with E-state index in [4.69, 9.17) is 16.3 Å². The van der Waals surface area contributed by atoms with E-state index in [0.29, 0.717) is 25.3 Å². The van der Waals surface area contributed by atoms with Gasteiger partial charge in [0.05, 0.1) is 13.1 Å². The van der Waals surface area contributed by atoms with Crippen LogP contribution in [0.2, 0.25) is 5.02 Å². The maximum absolute atomic E-state index is 12.7. The predicted octanol–water partition coefficient (Wildman–Crippen LogP) is 4.57. The maximum atomic E-state index is 12.7. The first kappa shape index (κ1) is 23.2. The van der Waals surface area contributed by atoms with Gasteiger partial charge in [-0.1, -0.05) is 30.7 Å². The summed E-state index contributed by atoms with van der Waals surface area (Å²) in [6.45, 7) is 4.45. The highest BCUT2D eigenvalue weighted by Crippen LogP contribution is 2.33. The molecular weight excluding hydrogens is 426 g/mol. The molecule has 1 fully saturated rings. The summed E-state index contributed by atoms with van der Waals surface area (Å²) in [4.78, 5) is 23.0. The van der Waals surface area contributed by atoms with Gasteiger partial charge in [-0.2, -0.15) is 0 Å². The van der Waals surface area contributed by atoms with Crippen LogP contribution in [0.1, 0.15) is 38.2 Å². The highest BCUT2D eigenvalue weighted by molar-refractivity contribution is 6.35. The number of nitrogens with zero attached hydrogens (tertiary/aromatic N) is 4. The van der Waals surface area contributed by atoms with Crippen molar-refractivity contribution in [2.75, 3.05) is 36.5 Å². The van der Waals surface area contributed by atoms with Crippen molar-refractivity contribution < 1.29 is 18.3 Å². The molecule has 0 radical (unpaired) electrons. The quantitative estimate of drug-likeness (QED) is 0.555. The summed E-state index contributed by atoms with van der Waals surface area (Å²) in [7, 11) is 1.53. The van der Waals surface area contributed by atoms with Crippen molar-refractivity contribution in [1.82, 2.24) is 9.97 Å². The minimum absolute atomic E-state index is 0.0474. The van der Waals surface area contributed by atoms with Gasteiger partial charge in [0, 0.05) is 26.4 Å². The predicted molar refractivity (Wildman–Crippen MR) is 118 cm³/mol. The Morgan fingerprint density at radius 1 is 1.32 bits per heavy atom. The molecule has 31 heavy (non-hydrogen) atoms. The highest BCUT2D eigenvalue weighted by atomic mass is 35.5. The lowest BCUT2D eigenvalue weighted by Crippen LogP contribution is -2.28. The van der Waals surface area contributed by atoms with Crippen molar-refractivity contribution in [3.05, 3.63) is 41.2 Å². The maximum Gasteiger partial charge on any atom is 0.255 e. The molecule has 9 heteroatoms. The number of ether oxygens (including phenoxy) is 1. The number of carbonyl (C=O) groups is 1. The van der Waals surface area contributed by atoms with Gasteiger partial charge in [0.2, 0.25) is 0 Å². The fraction of sp³-hybridized carbons (Fsp3) is 0.500. The van der Waals surface area contributed by atoms with Crippen molar-refractivity contribution >= 4 is 29.0 Å². The molecule has 0 spiro atoms. The van der Waals surface area contributed by atoms with Gasteiger partial charge >= 0.3 is 0 Å². The largest absolute Gasteiger partial charge is 0.489 e. The number of benzene rings is 1. The topological polar surface area (TPSA) is 58.6 Å². The third-order valence-electron chi connectivity index (χ3n) is 5.32. The number of aromatic nitrogens is 2. The number of rotatable bonds is 9. The smallest absolute Gasteiger partial charge is 0.255 e. The Bertz CT molecular complexity index is 898. The average molecular weight is 453 g/mol. The van der Waals surface area contributed by atoms with Gasteiger partial charge in [-0.25, -0.2) is 18.7 Å². The molecule has 0 amide bonds. The van der Waals surface area contributed by atoms with E-state index in [9.17, 15) is 13.6 Å². The summed E-state index contributed by atoms with van der Waals surface area (Å²) in [6.07, 6.45) is 0.111. The number of carbonyl (C=O) groups excluding carboxylic acids is 1. The standard InChI is InChI=1S/C22H27ClF2N4O2/c1-14(10-15(2)30)16-4-6-17(7-5-16)31-18-8-9-29(11-18)22-20(23)21(26-13-27-22)28(3)12-19(24)25/h4-7,13-14,18-19H,8-12H2,1-3H3/t14-,18-/m1/s1. The number of alkyl halides is 2. The molecular formula is C22H27ClF2N4O2. The van der Waals surface area contributed by atoms with Crippen LogP contribution < -0.4 is 14.5 Å². The van der Waals surface area contributed by atoms with Crippen molar-refractivity contribution in [1.29, 1.82) is 0 Å². The molecule has 1 aliphatic heterocycles. The van der Waals surface area contributed by atoms with Gasteiger partial charge in [-0.3, -0.25) is 0 Å². The molecule has 168 valence electrons. The van der Waals surface area contributed by atoms with Crippen LogP contribution in [-0.4, -0.2) is 55.0 Å². The first-order chi connectivity index (χ1) is 14.7. The monoisotopic (exact) mass is 452 g/mol. The fourth-order valence-electron chi connectivity index (χ4n) is 3.76. The third kappa shape index (κ3) is 6.03. The molecule has 1 aromatic carbocycles.